The maximum atomic E-state index is 12.8. The Morgan fingerprint density at radius 2 is 2.07 bits per heavy atom. The Morgan fingerprint density at radius 3 is 2.81 bits per heavy atom. The first kappa shape index (κ1) is 19.1. The van der Waals surface area contributed by atoms with Crippen LogP contribution in [-0.2, 0) is 16.0 Å². The lowest BCUT2D eigenvalue weighted by molar-refractivity contribution is -0.143. The predicted octanol–water partition coefficient (Wildman–Crippen LogP) is 3.40. The van der Waals surface area contributed by atoms with Crippen LogP contribution in [0.4, 0.5) is 5.69 Å². The fourth-order valence-corrected chi connectivity index (χ4v) is 3.95. The van der Waals surface area contributed by atoms with Crippen molar-refractivity contribution in [2.75, 3.05) is 11.9 Å². The van der Waals surface area contributed by atoms with Crippen LogP contribution in [0.3, 0.4) is 0 Å². The van der Waals surface area contributed by atoms with Crippen LogP contribution in [0.1, 0.15) is 41.6 Å². The average molecular weight is 386 g/mol. The van der Waals surface area contributed by atoms with Crippen molar-refractivity contribution in [3.63, 3.8) is 0 Å². The summed E-state index contributed by atoms with van der Waals surface area (Å²) in [5.74, 6) is -1.40. The Bertz CT molecular complexity index is 819. The van der Waals surface area contributed by atoms with E-state index in [2.05, 4.69) is 5.32 Å². The van der Waals surface area contributed by atoms with Crippen molar-refractivity contribution in [3.05, 3.63) is 52.2 Å². The molecule has 2 amide bonds. The number of benzene rings is 1. The van der Waals surface area contributed by atoms with Gasteiger partial charge in [0, 0.05) is 24.2 Å². The second kappa shape index (κ2) is 8.81. The average Bonchev–Trinajstić information content (AvgIpc) is 3.19. The van der Waals surface area contributed by atoms with Crippen molar-refractivity contribution in [2.45, 2.75) is 38.1 Å². The van der Waals surface area contributed by atoms with Crippen LogP contribution >= 0.6 is 11.3 Å². The Kier molecular flexibility index (Phi) is 6.24. The second-order valence-corrected chi connectivity index (χ2v) is 7.39. The number of aryl methyl sites for hydroxylation is 1. The number of aliphatic carboxylic acids is 1. The number of carbonyl (C=O) groups is 3. The van der Waals surface area contributed by atoms with E-state index in [1.165, 1.54) is 4.90 Å². The lowest BCUT2D eigenvalue weighted by atomic mass is 10.0. The summed E-state index contributed by atoms with van der Waals surface area (Å²) in [6.45, 7) is 0.438. The summed E-state index contributed by atoms with van der Waals surface area (Å²) < 4.78 is 0. The summed E-state index contributed by atoms with van der Waals surface area (Å²) in [4.78, 5) is 37.8. The molecule has 2 N–H and O–H groups in total. The number of carbonyl (C=O) groups excluding carboxylic acids is 2. The molecule has 2 heterocycles. The van der Waals surface area contributed by atoms with Gasteiger partial charge in [-0.15, -0.1) is 0 Å². The normalized spacial score (nSPS) is 16.7. The first-order valence-corrected chi connectivity index (χ1v) is 9.93. The van der Waals surface area contributed by atoms with E-state index in [0.717, 1.165) is 18.4 Å². The zero-order valence-corrected chi connectivity index (χ0v) is 15.7. The van der Waals surface area contributed by atoms with Gasteiger partial charge in [-0.2, -0.15) is 11.3 Å². The summed E-state index contributed by atoms with van der Waals surface area (Å²) in [6.07, 6.45) is 3.11. The van der Waals surface area contributed by atoms with Gasteiger partial charge in [-0.05, 0) is 66.3 Å². The van der Waals surface area contributed by atoms with Gasteiger partial charge >= 0.3 is 5.97 Å². The van der Waals surface area contributed by atoms with Crippen molar-refractivity contribution < 1.29 is 19.5 Å². The van der Waals surface area contributed by atoms with E-state index in [-0.39, 0.29) is 11.8 Å². The molecular weight excluding hydrogens is 364 g/mol. The third kappa shape index (κ3) is 4.95. The number of nitrogens with one attached hydrogen (secondary N) is 1. The molecule has 27 heavy (non-hydrogen) atoms. The van der Waals surface area contributed by atoms with Crippen molar-refractivity contribution in [1.29, 1.82) is 0 Å². The molecule has 142 valence electrons. The lowest BCUT2D eigenvalue weighted by Gasteiger charge is -2.33. The van der Waals surface area contributed by atoms with Crippen molar-refractivity contribution >= 4 is 34.8 Å². The minimum Gasteiger partial charge on any atom is -0.480 e. The molecule has 0 bridgehead atoms. The first-order chi connectivity index (χ1) is 13.0. The third-order valence-electron chi connectivity index (χ3n) is 4.66. The number of rotatable bonds is 6. The van der Waals surface area contributed by atoms with E-state index < -0.39 is 12.0 Å². The minimum absolute atomic E-state index is 0.118. The molecule has 0 saturated carbocycles. The maximum absolute atomic E-state index is 12.8. The van der Waals surface area contributed by atoms with Gasteiger partial charge in [0.05, 0.1) is 0 Å². The maximum Gasteiger partial charge on any atom is 0.326 e. The highest BCUT2D eigenvalue weighted by Crippen LogP contribution is 2.21. The lowest BCUT2D eigenvalue weighted by Crippen LogP contribution is -2.48. The number of nitrogens with zero attached hydrogens (tertiary/aromatic N) is 1. The van der Waals surface area contributed by atoms with Crippen LogP contribution in [0, 0.1) is 0 Å². The Balaban J connectivity index is 1.64. The molecule has 1 aliphatic heterocycles. The zero-order chi connectivity index (χ0) is 19.2. The van der Waals surface area contributed by atoms with Gasteiger partial charge in [-0.1, -0.05) is 6.07 Å². The molecule has 0 aliphatic carbocycles. The van der Waals surface area contributed by atoms with Crippen molar-refractivity contribution in [3.8, 4) is 0 Å². The number of piperidine rings is 1. The molecule has 1 aromatic carbocycles. The number of hydrogen-bond acceptors (Lipinski definition) is 4. The first-order valence-electron chi connectivity index (χ1n) is 8.99. The number of amides is 2. The number of anilines is 1. The molecule has 0 radical (unpaired) electrons. The van der Waals surface area contributed by atoms with Gasteiger partial charge < -0.3 is 15.3 Å². The summed E-state index contributed by atoms with van der Waals surface area (Å²) in [7, 11) is 0. The van der Waals surface area contributed by atoms with Crippen LogP contribution in [0.5, 0.6) is 0 Å². The summed E-state index contributed by atoms with van der Waals surface area (Å²) >= 11 is 1.60. The Hall–Kier alpha value is -2.67. The molecule has 1 aliphatic rings. The van der Waals surface area contributed by atoms with E-state index in [1.807, 2.05) is 16.8 Å². The quantitative estimate of drug-likeness (QED) is 0.797. The highest BCUT2D eigenvalue weighted by molar-refractivity contribution is 7.07. The van der Waals surface area contributed by atoms with E-state index in [0.29, 0.717) is 37.1 Å². The smallest absolute Gasteiger partial charge is 0.326 e. The Labute approximate surface area is 161 Å². The van der Waals surface area contributed by atoms with E-state index in [9.17, 15) is 19.5 Å². The van der Waals surface area contributed by atoms with Crippen molar-refractivity contribution in [2.24, 2.45) is 0 Å². The highest BCUT2D eigenvalue weighted by atomic mass is 32.1. The molecular formula is C20H22N2O4S. The number of likely N-dealkylation sites (tertiary alicyclic amines) is 1. The third-order valence-corrected chi connectivity index (χ3v) is 5.39. The molecule has 3 rings (SSSR count). The van der Waals surface area contributed by atoms with Crippen molar-refractivity contribution in [1.82, 2.24) is 4.90 Å². The van der Waals surface area contributed by atoms with Crippen LogP contribution < -0.4 is 5.32 Å². The van der Waals surface area contributed by atoms with Crippen LogP contribution in [0.15, 0.2) is 41.1 Å². The second-order valence-electron chi connectivity index (χ2n) is 6.61. The molecule has 7 heteroatoms. The summed E-state index contributed by atoms with van der Waals surface area (Å²) in [5, 5.41) is 16.2. The summed E-state index contributed by atoms with van der Waals surface area (Å²) in [6, 6.07) is 7.89. The van der Waals surface area contributed by atoms with Crippen LogP contribution in [0.2, 0.25) is 0 Å². The monoisotopic (exact) mass is 386 g/mol. The molecule has 1 unspecified atom stereocenters. The molecule has 6 nitrogen and oxygen atoms in total. The molecule has 0 spiro atoms. The highest BCUT2D eigenvalue weighted by Gasteiger charge is 2.32. The molecule has 2 aromatic rings. The number of carboxylic acid groups (broad SMARTS) is 1. The standard InChI is InChI=1S/C20H22N2O4S/c23-18(8-7-14-9-11-27-13-14)21-16-5-3-4-15(12-16)19(24)22-10-2-1-6-17(22)20(25)26/h3-5,9,11-13,17H,1-2,6-8,10H2,(H,21,23)(H,25,26). The zero-order valence-electron chi connectivity index (χ0n) is 14.9. The van der Waals surface area contributed by atoms with Gasteiger partial charge in [0.15, 0.2) is 0 Å². The molecule has 1 atom stereocenters. The predicted molar refractivity (Wildman–Crippen MR) is 104 cm³/mol. The number of thiophene rings is 1. The minimum atomic E-state index is -0.971. The number of carboxylic acids is 1. The SMILES string of the molecule is O=C(CCc1ccsc1)Nc1cccc(C(=O)N2CCCCC2C(=O)O)c1. The van der Waals surface area contributed by atoms with Gasteiger partial charge in [0.1, 0.15) is 6.04 Å². The van der Waals surface area contributed by atoms with Gasteiger partial charge in [0.2, 0.25) is 5.91 Å². The van der Waals surface area contributed by atoms with E-state index in [4.69, 9.17) is 0 Å². The van der Waals surface area contributed by atoms with Gasteiger partial charge in [-0.3, -0.25) is 9.59 Å². The van der Waals surface area contributed by atoms with Gasteiger partial charge in [0.25, 0.3) is 5.91 Å². The van der Waals surface area contributed by atoms with E-state index in [1.54, 1.807) is 35.6 Å². The van der Waals surface area contributed by atoms with Gasteiger partial charge in [-0.25, -0.2) is 4.79 Å². The fourth-order valence-electron chi connectivity index (χ4n) is 3.24. The van der Waals surface area contributed by atoms with Crippen LogP contribution in [-0.4, -0.2) is 40.4 Å². The topological polar surface area (TPSA) is 86.7 Å². The molecule has 1 fully saturated rings. The van der Waals surface area contributed by atoms with E-state index >= 15 is 0 Å². The number of hydrogen-bond donors (Lipinski definition) is 2. The van der Waals surface area contributed by atoms with Crippen LogP contribution in [0.25, 0.3) is 0 Å². The molecule has 1 aromatic heterocycles. The summed E-state index contributed by atoms with van der Waals surface area (Å²) in [5.41, 5.74) is 2.06. The largest absolute Gasteiger partial charge is 0.480 e. The Morgan fingerprint density at radius 1 is 1.22 bits per heavy atom. The fraction of sp³-hybridized carbons (Fsp3) is 0.350. The molecule has 1 saturated heterocycles.